The van der Waals surface area contributed by atoms with Gasteiger partial charge in [-0.25, -0.2) is 14.3 Å². The van der Waals surface area contributed by atoms with Gasteiger partial charge in [-0.15, -0.1) is 0 Å². The van der Waals surface area contributed by atoms with Crippen LogP contribution in [0.1, 0.15) is 12.5 Å². The van der Waals surface area contributed by atoms with E-state index in [1.54, 1.807) is 36.5 Å². The molecule has 1 atom stereocenters. The number of ether oxygens (including phenoxy) is 4. The molecule has 9 heteroatoms. The van der Waals surface area contributed by atoms with Gasteiger partial charge < -0.3 is 18.9 Å². The van der Waals surface area contributed by atoms with E-state index < -0.39 is 17.5 Å². The fraction of sp³-hybridized carbons (Fsp3) is 0.304. The largest absolute Gasteiger partial charge is 0.492 e. The molecule has 0 aliphatic carbocycles. The van der Waals surface area contributed by atoms with Gasteiger partial charge in [-0.1, -0.05) is 30.3 Å². The summed E-state index contributed by atoms with van der Waals surface area (Å²) in [7, 11) is 2.39. The van der Waals surface area contributed by atoms with Crippen LogP contribution in [0.15, 0.2) is 59.5 Å². The number of fused-ring (bicyclic) bond motifs is 1. The van der Waals surface area contributed by atoms with Gasteiger partial charge in [-0.3, -0.25) is 4.79 Å². The first-order valence-corrected chi connectivity index (χ1v) is 9.86. The van der Waals surface area contributed by atoms with Crippen LogP contribution in [0.2, 0.25) is 0 Å². The molecule has 168 valence electrons. The average Bonchev–Trinajstić information content (AvgIpc) is 2.83. The van der Waals surface area contributed by atoms with Crippen LogP contribution in [0.5, 0.6) is 5.75 Å². The van der Waals surface area contributed by atoms with Crippen molar-refractivity contribution in [2.75, 3.05) is 20.8 Å². The first kappa shape index (κ1) is 23.0. The van der Waals surface area contributed by atoms with Crippen molar-refractivity contribution < 1.29 is 28.5 Å². The van der Waals surface area contributed by atoms with Crippen molar-refractivity contribution in [2.24, 2.45) is 0 Å². The predicted octanol–water partition coefficient (Wildman–Crippen LogP) is 2.10. The van der Waals surface area contributed by atoms with Crippen molar-refractivity contribution in [2.45, 2.75) is 25.7 Å². The summed E-state index contributed by atoms with van der Waals surface area (Å²) in [4.78, 5) is 36.4. The molecule has 0 fully saturated rings. The van der Waals surface area contributed by atoms with Gasteiger partial charge in [0.1, 0.15) is 19.0 Å². The van der Waals surface area contributed by atoms with Crippen molar-refractivity contribution >= 4 is 22.7 Å². The van der Waals surface area contributed by atoms with E-state index in [0.717, 1.165) is 12.5 Å². The molecular weight excluding hydrogens is 416 g/mol. The second-order valence-electron chi connectivity index (χ2n) is 7.06. The minimum atomic E-state index is -1.83. The molecule has 1 aromatic heterocycles. The molecule has 0 radical (unpaired) electrons. The third-order valence-electron chi connectivity index (χ3n) is 5.00. The zero-order valence-corrected chi connectivity index (χ0v) is 18.1. The van der Waals surface area contributed by atoms with Gasteiger partial charge >= 0.3 is 11.9 Å². The first-order valence-electron chi connectivity index (χ1n) is 9.86. The van der Waals surface area contributed by atoms with Gasteiger partial charge in [-0.05, 0) is 30.7 Å². The Morgan fingerprint density at radius 3 is 2.44 bits per heavy atom. The van der Waals surface area contributed by atoms with Gasteiger partial charge in [0.05, 0.1) is 25.2 Å². The number of benzene rings is 2. The second kappa shape index (κ2) is 10.1. The summed E-state index contributed by atoms with van der Waals surface area (Å²) in [5, 5.41) is 5.57. The lowest BCUT2D eigenvalue weighted by Gasteiger charge is -2.22. The number of esters is 2. The number of rotatable bonds is 9. The SMILES string of the molecule is COC(=O)C(C)(OC)C(=O)OCc1ccc(OCCn2ncc3ccccc3c2=O)cc1. The fourth-order valence-electron chi connectivity index (χ4n) is 2.95. The first-order chi connectivity index (χ1) is 15.4. The molecule has 32 heavy (non-hydrogen) atoms. The van der Waals surface area contributed by atoms with Gasteiger partial charge in [0.25, 0.3) is 11.2 Å². The third-order valence-corrected chi connectivity index (χ3v) is 5.00. The fourth-order valence-corrected chi connectivity index (χ4v) is 2.95. The van der Waals surface area contributed by atoms with E-state index in [9.17, 15) is 14.4 Å². The van der Waals surface area contributed by atoms with Crippen molar-refractivity contribution in [3.8, 4) is 5.75 Å². The molecule has 0 aliphatic rings. The van der Waals surface area contributed by atoms with Gasteiger partial charge in [-0.2, -0.15) is 5.10 Å². The molecule has 9 nitrogen and oxygen atoms in total. The maximum absolute atomic E-state index is 12.5. The highest BCUT2D eigenvalue weighted by molar-refractivity contribution is 6.03. The maximum atomic E-state index is 12.5. The molecule has 2 aromatic carbocycles. The number of aromatic nitrogens is 2. The summed E-state index contributed by atoms with van der Waals surface area (Å²) in [6.07, 6.45) is 1.65. The van der Waals surface area contributed by atoms with Crippen LogP contribution in [0.25, 0.3) is 10.8 Å². The summed E-state index contributed by atoms with van der Waals surface area (Å²) in [6.45, 7) is 1.79. The number of methoxy groups -OCH3 is 2. The van der Waals surface area contributed by atoms with Crippen LogP contribution < -0.4 is 10.3 Å². The molecule has 0 aliphatic heterocycles. The zero-order valence-electron chi connectivity index (χ0n) is 18.1. The summed E-state index contributed by atoms with van der Waals surface area (Å²) in [5.41, 5.74) is -1.30. The molecule has 0 spiro atoms. The van der Waals surface area contributed by atoms with E-state index in [1.165, 1.54) is 18.7 Å². The standard InChI is InChI=1S/C23H24N2O7/c1-23(30-3,21(27)29-2)22(28)32-15-16-8-10-18(11-9-16)31-13-12-25-20(26)19-7-5-4-6-17(19)14-24-25/h4-11,14H,12-13,15H2,1-3H3. The quantitative estimate of drug-likeness (QED) is 0.368. The lowest BCUT2D eigenvalue weighted by Crippen LogP contribution is -2.47. The predicted molar refractivity (Wildman–Crippen MR) is 115 cm³/mol. The summed E-state index contributed by atoms with van der Waals surface area (Å²) < 4.78 is 21.8. The summed E-state index contributed by atoms with van der Waals surface area (Å²) in [5.74, 6) is -1.10. The number of carbonyl (C=O) groups is 2. The van der Waals surface area contributed by atoms with Crippen LogP contribution in [0.4, 0.5) is 0 Å². The van der Waals surface area contributed by atoms with E-state index in [-0.39, 0.29) is 18.8 Å². The molecule has 0 N–H and O–H groups in total. The van der Waals surface area contributed by atoms with E-state index in [2.05, 4.69) is 9.84 Å². The highest BCUT2D eigenvalue weighted by Crippen LogP contribution is 2.17. The van der Waals surface area contributed by atoms with Crippen LogP contribution in [0, 0.1) is 0 Å². The van der Waals surface area contributed by atoms with Crippen molar-refractivity contribution in [3.63, 3.8) is 0 Å². The Balaban J connectivity index is 1.53. The summed E-state index contributed by atoms with van der Waals surface area (Å²) in [6, 6.07) is 14.2. The highest BCUT2D eigenvalue weighted by Gasteiger charge is 2.44. The Morgan fingerprint density at radius 2 is 1.75 bits per heavy atom. The normalized spacial score (nSPS) is 12.7. The van der Waals surface area contributed by atoms with E-state index in [1.807, 2.05) is 18.2 Å². The second-order valence-corrected chi connectivity index (χ2v) is 7.06. The molecule has 0 bridgehead atoms. The topological polar surface area (TPSA) is 106 Å². The molecule has 0 saturated carbocycles. The zero-order chi connectivity index (χ0) is 23.1. The molecule has 1 heterocycles. The highest BCUT2D eigenvalue weighted by atomic mass is 16.6. The Bertz CT molecular complexity index is 1160. The van der Waals surface area contributed by atoms with Crippen molar-refractivity contribution in [1.29, 1.82) is 0 Å². The monoisotopic (exact) mass is 440 g/mol. The number of carbonyl (C=O) groups excluding carboxylic acids is 2. The van der Waals surface area contributed by atoms with Crippen LogP contribution in [0.3, 0.4) is 0 Å². The van der Waals surface area contributed by atoms with Gasteiger partial charge in [0.2, 0.25) is 0 Å². The van der Waals surface area contributed by atoms with E-state index in [0.29, 0.717) is 23.2 Å². The number of hydrogen-bond acceptors (Lipinski definition) is 8. The third kappa shape index (κ3) is 4.94. The minimum Gasteiger partial charge on any atom is -0.492 e. The molecule has 3 rings (SSSR count). The lowest BCUT2D eigenvalue weighted by atomic mass is 10.1. The summed E-state index contributed by atoms with van der Waals surface area (Å²) >= 11 is 0. The number of hydrogen-bond donors (Lipinski definition) is 0. The number of nitrogens with zero attached hydrogens (tertiary/aromatic N) is 2. The lowest BCUT2D eigenvalue weighted by molar-refractivity contribution is -0.184. The van der Waals surface area contributed by atoms with E-state index >= 15 is 0 Å². The van der Waals surface area contributed by atoms with Crippen molar-refractivity contribution in [1.82, 2.24) is 9.78 Å². The Morgan fingerprint density at radius 1 is 1.03 bits per heavy atom. The molecule has 0 amide bonds. The van der Waals surface area contributed by atoms with Crippen LogP contribution in [-0.2, 0) is 37.0 Å². The van der Waals surface area contributed by atoms with Gasteiger partial charge in [0, 0.05) is 12.5 Å². The van der Waals surface area contributed by atoms with Crippen LogP contribution >= 0.6 is 0 Å². The minimum absolute atomic E-state index is 0.0501. The smallest absolute Gasteiger partial charge is 0.350 e. The Hall–Kier alpha value is -3.72. The molecular formula is C23H24N2O7. The molecule has 1 unspecified atom stereocenters. The molecule has 0 saturated heterocycles. The maximum Gasteiger partial charge on any atom is 0.350 e. The van der Waals surface area contributed by atoms with E-state index in [4.69, 9.17) is 14.2 Å². The van der Waals surface area contributed by atoms with Gasteiger partial charge in [0.15, 0.2) is 0 Å². The average molecular weight is 440 g/mol. The Labute approximate surface area is 184 Å². The van der Waals surface area contributed by atoms with Crippen molar-refractivity contribution in [3.05, 3.63) is 70.6 Å². The molecule has 3 aromatic rings. The van der Waals surface area contributed by atoms with Crippen LogP contribution in [-0.4, -0.2) is 48.1 Å². The Kier molecular flexibility index (Phi) is 7.21.